The van der Waals surface area contributed by atoms with Gasteiger partial charge in [0.1, 0.15) is 4.75 Å². The smallest absolute Gasteiger partial charge is 0.159 e. The van der Waals surface area contributed by atoms with Crippen LogP contribution in [0.3, 0.4) is 0 Å². The first-order valence-electron chi connectivity index (χ1n) is 5.52. The molecule has 94 valence electrons. The zero-order valence-corrected chi connectivity index (χ0v) is 11.3. The van der Waals surface area contributed by atoms with Gasteiger partial charge in [-0.2, -0.15) is 0 Å². The average Bonchev–Trinajstić information content (AvgIpc) is 2.25. The minimum absolute atomic E-state index is 0.233. The summed E-state index contributed by atoms with van der Waals surface area (Å²) in [7, 11) is -3.36. The van der Waals surface area contributed by atoms with Gasteiger partial charge >= 0.3 is 0 Å². The lowest BCUT2D eigenvalue weighted by atomic mass is 10.0. The van der Waals surface area contributed by atoms with Crippen LogP contribution in [0.2, 0.25) is 0 Å². The summed E-state index contributed by atoms with van der Waals surface area (Å²) in [4.78, 5) is 11.9. The van der Waals surface area contributed by atoms with Crippen molar-refractivity contribution in [1.29, 1.82) is 0 Å². The van der Waals surface area contributed by atoms with Crippen LogP contribution >= 0.6 is 0 Å². The van der Waals surface area contributed by atoms with E-state index < -0.39 is 14.6 Å². The van der Waals surface area contributed by atoms with Crippen LogP contribution in [0, 0.1) is 0 Å². The Kier molecular flexibility index (Phi) is 4.09. The van der Waals surface area contributed by atoms with Crippen molar-refractivity contribution in [2.45, 2.75) is 31.4 Å². The Morgan fingerprint density at radius 2 is 1.71 bits per heavy atom. The molecule has 3 nitrogen and oxygen atoms in total. The lowest BCUT2D eigenvalue weighted by molar-refractivity contribution is -0.120. The van der Waals surface area contributed by atoms with E-state index in [0.29, 0.717) is 6.42 Å². The van der Waals surface area contributed by atoms with Gasteiger partial charge in [-0.1, -0.05) is 30.3 Å². The van der Waals surface area contributed by atoms with E-state index in [-0.39, 0.29) is 12.2 Å². The van der Waals surface area contributed by atoms with E-state index in [1.807, 2.05) is 30.3 Å². The Labute approximate surface area is 103 Å². The monoisotopic (exact) mass is 254 g/mol. The molecule has 0 saturated carbocycles. The van der Waals surface area contributed by atoms with Gasteiger partial charge in [-0.15, -0.1) is 0 Å². The second-order valence-electron chi connectivity index (χ2n) is 4.69. The van der Waals surface area contributed by atoms with Crippen molar-refractivity contribution in [1.82, 2.24) is 0 Å². The number of ketones is 1. The second kappa shape index (κ2) is 5.00. The quantitative estimate of drug-likeness (QED) is 0.807. The number of hydrogen-bond acceptors (Lipinski definition) is 3. The maximum atomic E-state index is 11.9. The third-order valence-corrected chi connectivity index (χ3v) is 5.16. The Morgan fingerprint density at radius 3 is 2.18 bits per heavy atom. The van der Waals surface area contributed by atoms with Crippen molar-refractivity contribution in [3.63, 3.8) is 0 Å². The summed E-state index contributed by atoms with van der Waals surface area (Å²) in [5.41, 5.74) is 1.05. The van der Waals surface area contributed by atoms with E-state index in [1.165, 1.54) is 13.8 Å². The highest BCUT2D eigenvalue weighted by Crippen LogP contribution is 2.19. The highest BCUT2D eigenvalue weighted by atomic mass is 32.2. The van der Waals surface area contributed by atoms with Gasteiger partial charge in [-0.05, 0) is 25.8 Å². The molecule has 0 fully saturated rings. The van der Waals surface area contributed by atoms with Crippen LogP contribution in [0.4, 0.5) is 0 Å². The SMILES string of the molecule is CC(C)(C(=O)CCc1ccccc1)S(C)(=O)=O. The minimum atomic E-state index is -3.36. The highest BCUT2D eigenvalue weighted by Gasteiger charge is 2.37. The first-order valence-corrected chi connectivity index (χ1v) is 7.41. The molecule has 0 radical (unpaired) electrons. The van der Waals surface area contributed by atoms with Crippen LogP contribution in [-0.4, -0.2) is 25.2 Å². The summed E-state index contributed by atoms with van der Waals surface area (Å²) in [5.74, 6) is -0.233. The predicted octanol–water partition coefficient (Wildman–Crippen LogP) is 2.01. The maximum Gasteiger partial charge on any atom is 0.159 e. The number of Topliss-reactive ketones (excluding diaryl/α,β-unsaturated/α-hetero) is 1. The molecule has 0 N–H and O–H groups in total. The fourth-order valence-corrected chi connectivity index (χ4v) is 1.93. The molecule has 0 saturated heterocycles. The molecule has 1 aromatic rings. The topological polar surface area (TPSA) is 51.2 Å². The van der Waals surface area contributed by atoms with Gasteiger partial charge in [0.15, 0.2) is 15.6 Å². The predicted molar refractivity (Wildman–Crippen MR) is 68.7 cm³/mol. The molecule has 17 heavy (non-hydrogen) atoms. The molecule has 0 aliphatic carbocycles. The van der Waals surface area contributed by atoms with E-state index in [1.54, 1.807) is 0 Å². The standard InChI is InChI=1S/C13H18O3S/c1-13(2,17(3,15)16)12(14)10-9-11-7-5-4-6-8-11/h4-8H,9-10H2,1-3H3. The molecule has 4 heteroatoms. The van der Waals surface area contributed by atoms with Crippen molar-refractivity contribution < 1.29 is 13.2 Å². The van der Waals surface area contributed by atoms with E-state index >= 15 is 0 Å². The first-order chi connectivity index (χ1) is 7.75. The van der Waals surface area contributed by atoms with Gasteiger partial charge in [0.25, 0.3) is 0 Å². The number of rotatable bonds is 5. The molecule has 0 unspecified atom stereocenters. The summed E-state index contributed by atoms with van der Waals surface area (Å²) >= 11 is 0. The molecule has 0 bridgehead atoms. The summed E-state index contributed by atoms with van der Waals surface area (Å²) in [5, 5.41) is 0. The van der Waals surface area contributed by atoms with Crippen molar-refractivity contribution in [3.05, 3.63) is 35.9 Å². The fourth-order valence-electron chi connectivity index (χ4n) is 1.41. The zero-order chi connectivity index (χ0) is 13.1. The highest BCUT2D eigenvalue weighted by molar-refractivity contribution is 7.92. The summed E-state index contributed by atoms with van der Waals surface area (Å²) < 4.78 is 21.7. The maximum absolute atomic E-state index is 11.9. The van der Waals surface area contributed by atoms with Crippen molar-refractivity contribution in [2.75, 3.05) is 6.26 Å². The Hall–Kier alpha value is -1.16. The lowest BCUT2D eigenvalue weighted by Crippen LogP contribution is -2.40. The van der Waals surface area contributed by atoms with Crippen LogP contribution < -0.4 is 0 Å². The number of aryl methyl sites for hydroxylation is 1. The van der Waals surface area contributed by atoms with Crippen LogP contribution in [0.25, 0.3) is 0 Å². The van der Waals surface area contributed by atoms with E-state index in [4.69, 9.17) is 0 Å². The van der Waals surface area contributed by atoms with E-state index in [0.717, 1.165) is 11.8 Å². The first kappa shape index (κ1) is 13.9. The minimum Gasteiger partial charge on any atom is -0.298 e. The molecule has 0 aromatic heterocycles. The largest absolute Gasteiger partial charge is 0.298 e. The van der Waals surface area contributed by atoms with Gasteiger partial charge in [-0.25, -0.2) is 8.42 Å². The van der Waals surface area contributed by atoms with Crippen molar-refractivity contribution in [2.24, 2.45) is 0 Å². The third-order valence-electron chi connectivity index (χ3n) is 3.08. The van der Waals surface area contributed by atoms with Gasteiger partial charge in [-0.3, -0.25) is 4.79 Å². The molecule has 0 atom stereocenters. The Morgan fingerprint density at radius 1 is 1.18 bits per heavy atom. The molecular formula is C13H18O3S. The van der Waals surface area contributed by atoms with Crippen LogP contribution in [-0.2, 0) is 21.1 Å². The second-order valence-corrected chi connectivity index (χ2v) is 7.26. The van der Waals surface area contributed by atoms with Gasteiger partial charge in [0.2, 0.25) is 0 Å². The molecule has 0 aliphatic rings. The van der Waals surface area contributed by atoms with Gasteiger partial charge < -0.3 is 0 Å². The van der Waals surface area contributed by atoms with E-state index in [2.05, 4.69) is 0 Å². The van der Waals surface area contributed by atoms with Gasteiger partial charge in [0, 0.05) is 12.7 Å². The van der Waals surface area contributed by atoms with E-state index in [9.17, 15) is 13.2 Å². The number of hydrogen-bond donors (Lipinski definition) is 0. The summed E-state index contributed by atoms with van der Waals surface area (Å²) in [6, 6.07) is 9.58. The average molecular weight is 254 g/mol. The number of benzene rings is 1. The van der Waals surface area contributed by atoms with Crippen molar-refractivity contribution >= 4 is 15.6 Å². The van der Waals surface area contributed by atoms with Crippen LogP contribution in [0.5, 0.6) is 0 Å². The zero-order valence-electron chi connectivity index (χ0n) is 10.4. The number of carbonyl (C=O) groups is 1. The molecule has 0 spiro atoms. The number of sulfone groups is 1. The molecule has 1 aromatic carbocycles. The van der Waals surface area contributed by atoms with Gasteiger partial charge in [0.05, 0.1) is 0 Å². The molecule has 0 amide bonds. The summed E-state index contributed by atoms with van der Waals surface area (Å²) in [6.45, 7) is 2.94. The third kappa shape index (κ3) is 3.40. The number of carbonyl (C=O) groups excluding carboxylic acids is 1. The molecule has 1 rings (SSSR count). The van der Waals surface area contributed by atoms with Crippen LogP contribution in [0.1, 0.15) is 25.8 Å². The molecule has 0 aliphatic heterocycles. The van der Waals surface area contributed by atoms with Crippen molar-refractivity contribution in [3.8, 4) is 0 Å². The normalized spacial score (nSPS) is 12.4. The molecule has 0 heterocycles. The molecular weight excluding hydrogens is 236 g/mol. The lowest BCUT2D eigenvalue weighted by Gasteiger charge is -2.20. The fraction of sp³-hybridized carbons (Fsp3) is 0.462. The Bertz CT molecular complexity index is 487. The Balaban J connectivity index is 2.69. The summed E-state index contributed by atoms with van der Waals surface area (Å²) in [6.07, 6.45) is 1.94. The van der Waals surface area contributed by atoms with Crippen LogP contribution in [0.15, 0.2) is 30.3 Å².